The van der Waals surface area contributed by atoms with Crippen LogP contribution >= 0.6 is 11.6 Å². The minimum Gasteiger partial charge on any atom is -0.497 e. The lowest BCUT2D eigenvalue weighted by molar-refractivity contribution is -0.129. The Kier molecular flexibility index (Phi) is 4.76. The molecule has 0 bridgehead atoms. The van der Waals surface area contributed by atoms with Crippen LogP contribution in [0.15, 0.2) is 72.8 Å². The third-order valence-electron chi connectivity index (χ3n) is 5.21. The van der Waals surface area contributed by atoms with Crippen molar-refractivity contribution in [1.82, 2.24) is 10.2 Å². The van der Waals surface area contributed by atoms with E-state index in [-0.39, 0.29) is 11.9 Å². The van der Waals surface area contributed by atoms with Crippen LogP contribution in [0.3, 0.4) is 0 Å². The largest absolute Gasteiger partial charge is 0.497 e. The van der Waals surface area contributed by atoms with E-state index < -0.39 is 5.54 Å². The van der Waals surface area contributed by atoms with Gasteiger partial charge in [-0.1, -0.05) is 60.1 Å². The Morgan fingerprint density at radius 3 is 2.34 bits per heavy atom. The van der Waals surface area contributed by atoms with Crippen LogP contribution in [0.1, 0.15) is 11.1 Å². The van der Waals surface area contributed by atoms with Gasteiger partial charge in [-0.05, 0) is 46.5 Å². The van der Waals surface area contributed by atoms with Gasteiger partial charge in [0.15, 0.2) is 11.5 Å². The van der Waals surface area contributed by atoms with Crippen LogP contribution in [0, 0.1) is 5.41 Å². The number of hydrogen-bond acceptors (Lipinski definition) is 3. The summed E-state index contributed by atoms with van der Waals surface area (Å²) in [4.78, 5) is 14.7. The second kappa shape index (κ2) is 7.26. The second-order valence-electron chi connectivity index (χ2n) is 6.91. The number of ether oxygens (including phenoxy) is 1. The molecule has 3 aromatic rings. The number of likely N-dealkylation sites (N-methyl/N-ethyl adjacent to an activating group) is 1. The molecule has 146 valence electrons. The molecule has 1 fully saturated rings. The number of methoxy groups -OCH3 is 1. The first-order chi connectivity index (χ1) is 14.0. The van der Waals surface area contributed by atoms with Crippen molar-refractivity contribution in [3.05, 3.63) is 88.9 Å². The number of guanidine groups is 1. The van der Waals surface area contributed by atoms with Crippen molar-refractivity contribution in [3.63, 3.8) is 0 Å². The van der Waals surface area contributed by atoms with Crippen LogP contribution in [-0.4, -0.2) is 30.9 Å². The topological polar surface area (TPSA) is 65.4 Å². The fraction of sp³-hybridized carbons (Fsp3) is 0.130. The molecule has 0 aliphatic carbocycles. The molecule has 0 radical (unpaired) electrons. The number of halogens is 1. The van der Waals surface area contributed by atoms with Crippen LogP contribution in [-0.2, 0) is 10.3 Å². The van der Waals surface area contributed by atoms with Crippen molar-refractivity contribution in [1.29, 1.82) is 5.41 Å². The van der Waals surface area contributed by atoms with E-state index in [2.05, 4.69) is 5.32 Å². The predicted octanol–water partition coefficient (Wildman–Crippen LogP) is 4.26. The Morgan fingerprint density at radius 2 is 1.69 bits per heavy atom. The first kappa shape index (κ1) is 19.0. The zero-order valence-corrected chi connectivity index (χ0v) is 16.8. The highest BCUT2D eigenvalue weighted by atomic mass is 35.5. The van der Waals surface area contributed by atoms with E-state index in [0.717, 1.165) is 22.3 Å². The van der Waals surface area contributed by atoms with Crippen molar-refractivity contribution in [2.24, 2.45) is 0 Å². The number of nitrogens with zero attached hydrogens (tertiary/aromatic N) is 1. The van der Waals surface area contributed by atoms with E-state index in [4.69, 9.17) is 21.7 Å². The lowest BCUT2D eigenvalue weighted by atomic mass is 9.81. The molecular formula is C23H20ClN3O2. The second-order valence-corrected chi connectivity index (χ2v) is 7.35. The summed E-state index contributed by atoms with van der Waals surface area (Å²) in [6, 6.07) is 22.7. The molecular weight excluding hydrogens is 386 g/mol. The molecule has 1 saturated heterocycles. The Hall–Kier alpha value is -3.31. The lowest BCUT2D eigenvalue weighted by Gasteiger charge is -2.28. The maximum Gasteiger partial charge on any atom is 0.264 e. The standard InChI is InChI=1S/C23H20ClN3O2/c1-27-21(28)23(26-22(27)25,17-8-4-3-5-9-17)18-10-6-7-15(11-18)16-12-19(24)14-20(13-16)29-2/h3-14H,1-2H3,(H2,25,26). The molecule has 2 N–H and O–H groups in total. The van der Waals surface area contributed by atoms with Gasteiger partial charge in [0.2, 0.25) is 0 Å². The first-order valence-corrected chi connectivity index (χ1v) is 9.49. The van der Waals surface area contributed by atoms with Crippen LogP contribution < -0.4 is 10.1 Å². The molecule has 0 saturated carbocycles. The summed E-state index contributed by atoms with van der Waals surface area (Å²) in [7, 11) is 3.20. The molecule has 1 aliphatic heterocycles. The highest BCUT2D eigenvalue weighted by Gasteiger charge is 2.50. The molecule has 4 rings (SSSR count). The average Bonchev–Trinajstić information content (AvgIpc) is 2.99. The van der Waals surface area contributed by atoms with E-state index in [1.54, 1.807) is 20.2 Å². The fourth-order valence-corrected chi connectivity index (χ4v) is 3.92. The highest BCUT2D eigenvalue weighted by Crippen LogP contribution is 2.37. The van der Waals surface area contributed by atoms with E-state index >= 15 is 0 Å². The Morgan fingerprint density at radius 1 is 0.966 bits per heavy atom. The number of carbonyl (C=O) groups is 1. The Labute approximate surface area is 174 Å². The molecule has 29 heavy (non-hydrogen) atoms. The van der Waals surface area contributed by atoms with Gasteiger partial charge < -0.3 is 10.1 Å². The maximum atomic E-state index is 13.3. The van der Waals surface area contributed by atoms with Gasteiger partial charge >= 0.3 is 0 Å². The Bertz CT molecular complexity index is 1100. The quantitative estimate of drug-likeness (QED) is 0.681. The first-order valence-electron chi connectivity index (χ1n) is 9.11. The molecule has 1 amide bonds. The third kappa shape index (κ3) is 3.13. The van der Waals surface area contributed by atoms with Gasteiger partial charge in [-0.25, -0.2) is 0 Å². The van der Waals surface area contributed by atoms with Crippen molar-refractivity contribution in [3.8, 4) is 16.9 Å². The zero-order valence-electron chi connectivity index (χ0n) is 16.1. The number of rotatable bonds is 4. The minimum absolute atomic E-state index is 0.0636. The van der Waals surface area contributed by atoms with E-state index in [1.807, 2.05) is 66.7 Å². The summed E-state index contributed by atoms with van der Waals surface area (Å²) >= 11 is 6.25. The van der Waals surface area contributed by atoms with Crippen LogP contribution in [0.4, 0.5) is 0 Å². The molecule has 5 nitrogen and oxygen atoms in total. The number of nitrogens with one attached hydrogen (secondary N) is 2. The molecule has 6 heteroatoms. The number of hydrogen-bond donors (Lipinski definition) is 2. The number of benzene rings is 3. The highest BCUT2D eigenvalue weighted by molar-refractivity contribution is 6.31. The summed E-state index contributed by atoms with van der Waals surface area (Å²) in [5.41, 5.74) is 2.15. The van der Waals surface area contributed by atoms with Gasteiger partial charge in [0.1, 0.15) is 5.75 Å². The van der Waals surface area contributed by atoms with Crippen LogP contribution in [0.2, 0.25) is 5.02 Å². The zero-order chi connectivity index (χ0) is 20.6. The predicted molar refractivity (Wildman–Crippen MR) is 114 cm³/mol. The molecule has 1 unspecified atom stereocenters. The van der Waals surface area contributed by atoms with Crippen molar-refractivity contribution in [2.75, 3.05) is 14.2 Å². The van der Waals surface area contributed by atoms with Gasteiger partial charge in [-0.15, -0.1) is 0 Å². The molecule has 1 aliphatic rings. The summed E-state index contributed by atoms with van der Waals surface area (Å²) in [5, 5.41) is 11.9. The monoisotopic (exact) mass is 405 g/mol. The van der Waals surface area contributed by atoms with E-state index in [1.165, 1.54) is 4.90 Å². The van der Waals surface area contributed by atoms with E-state index in [0.29, 0.717) is 10.8 Å². The lowest BCUT2D eigenvalue weighted by Crippen LogP contribution is -2.45. The average molecular weight is 406 g/mol. The minimum atomic E-state index is -1.16. The summed E-state index contributed by atoms with van der Waals surface area (Å²) in [6.07, 6.45) is 0. The molecule has 0 aromatic heterocycles. The van der Waals surface area contributed by atoms with Gasteiger partial charge in [-0.3, -0.25) is 15.1 Å². The van der Waals surface area contributed by atoms with Gasteiger partial charge in [0, 0.05) is 12.1 Å². The van der Waals surface area contributed by atoms with Gasteiger partial charge in [0.05, 0.1) is 7.11 Å². The molecule has 1 atom stereocenters. The van der Waals surface area contributed by atoms with Gasteiger partial charge in [0.25, 0.3) is 5.91 Å². The van der Waals surface area contributed by atoms with Gasteiger partial charge in [-0.2, -0.15) is 0 Å². The summed E-state index contributed by atoms with van der Waals surface area (Å²) in [6.45, 7) is 0. The molecule has 1 heterocycles. The normalized spacial score (nSPS) is 18.7. The van der Waals surface area contributed by atoms with Crippen molar-refractivity contribution >= 4 is 23.5 Å². The SMILES string of the molecule is COc1cc(Cl)cc(-c2cccc(C3(c4ccccc4)NC(=N)N(C)C3=O)c2)c1. The smallest absolute Gasteiger partial charge is 0.264 e. The Balaban J connectivity index is 1.90. The molecule has 3 aromatic carbocycles. The fourth-order valence-electron chi connectivity index (χ4n) is 3.69. The third-order valence-corrected chi connectivity index (χ3v) is 5.43. The van der Waals surface area contributed by atoms with Crippen molar-refractivity contribution in [2.45, 2.75) is 5.54 Å². The number of amides is 1. The number of carbonyl (C=O) groups excluding carboxylic acids is 1. The maximum absolute atomic E-state index is 13.3. The van der Waals surface area contributed by atoms with E-state index in [9.17, 15) is 4.79 Å². The van der Waals surface area contributed by atoms with Crippen LogP contribution in [0.25, 0.3) is 11.1 Å². The summed E-state index contributed by atoms with van der Waals surface area (Å²) in [5.74, 6) is 0.524. The summed E-state index contributed by atoms with van der Waals surface area (Å²) < 4.78 is 5.34. The molecule has 0 spiro atoms. The van der Waals surface area contributed by atoms with Crippen LogP contribution in [0.5, 0.6) is 5.75 Å². The van der Waals surface area contributed by atoms with Crippen molar-refractivity contribution < 1.29 is 9.53 Å².